The first-order chi connectivity index (χ1) is 25.6. The highest BCUT2D eigenvalue weighted by Crippen LogP contribution is 2.38. The fourth-order valence-electron chi connectivity index (χ4n) is 6.41. The monoisotopic (exact) mass is 755 g/mol. The van der Waals surface area contributed by atoms with Gasteiger partial charge in [-0.15, -0.1) is 0 Å². The summed E-state index contributed by atoms with van der Waals surface area (Å²) in [6.07, 6.45) is 6.33. The molecule has 286 valence electrons. The second kappa shape index (κ2) is 17.0. The van der Waals surface area contributed by atoms with E-state index in [0.29, 0.717) is 17.1 Å². The Balaban J connectivity index is 1.37. The molecule has 0 saturated carbocycles. The highest BCUT2D eigenvalue weighted by molar-refractivity contribution is 6.99. The minimum Gasteiger partial charge on any atom is -0.460 e. The maximum absolute atomic E-state index is 13.6. The van der Waals surface area contributed by atoms with E-state index < -0.39 is 32.0 Å². The Bertz CT molecular complexity index is 1970. The molecule has 12 nitrogen and oxygen atoms in total. The molecule has 5 aromatic rings. The number of esters is 1. The van der Waals surface area contributed by atoms with Crippen LogP contribution in [0.1, 0.15) is 79.0 Å². The molecule has 1 N–H and O–H groups in total. The topological polar surface area (TPSA) is 160 Å². The SMILES string of the molecule is CO[C@H](c1coc(-c2coc(-c3coc(CO)n3)n2)n1)[C@@H](C)C(=O)/C=C/C[C@@H](CC(=O)OC(C)(C)C)O[Si](c1ccccc1)(c1ccccc1)C(C)(C)C. The summed E-state index contributed by atoms with van der Waals surface area (Å²) in [7, 11) is -1.55. The van der Waals surface area contributed by atoms with E-state index in [0.717, 1.165) is 10.4 Å². The number of hydrogen-bond acceptors (Lipinski definition) is 12. The Kier molecular flexibility index (Phi) is 12.7. The number of rotatable bonds is 16. The lowest BCUT2D eigenvalue weighted by molar-refractivity contribution is -0.156. The maximum Gasteiger partial charge on any atom is 0.308 e. The molecule has 0 spiro atoms. The Morgan fingerprint density at radius 1 is 0.833 bits per heavy atom. The molecule has 0 bridgehead atoms. The van der Waals surface area contributed by atoms with Gasteiger partial charge in [-0.3, -0.25) is 9.59 Å². The first-order valence-corrected chi connectivity index (χ1v) is 19.8. The van der Waals surface area contributed by atoms with Crippen molar-refractivity contribution in [3.05, 3.63) is 103 Å². The molecule has 0 aliphatic carbocycles. The Morgan fingerprint density at radius 2 is 1.41 bits per heavy atom. The van der Waals surface area contributed by atoms with Crippen LogP contribution in [0.3, 0.4) is 0 Å². The summed E-state index contributed by atoms with van der Waals surface area (Å²) < 4.78 is 35.1. The average Bonchev–Trinajstić information content (AvgIpc) is 3.92. The second-order valence-corrected chi connectivity index (χ2v) is 19.3. The zero-order valence-corrected chi connectivity index (χ0v) is 33.1. The third-order valence-corrected chi connectivity index (χ3v) is 13.9. The zero-order chi connectivity index (χ0) is 39.1. The molecule has 0 radical (unpaired) electrons. The van der Waals surface area contributed by atoms with Gasteiger partial charge in [-0.05, 0) is 48.7 Å². The van der Waals surface area contributed by atoms with E-state index in [9.17, 15) is 14.7 Å². The van der Waals surface area contributed by atoms with E-state index in [4.69, 9.17) is 27.2 Å². The van der Waals surface area contributed by atoms with Crippen LogP contribution in [-0.2, 0) is 30.1 Å². The van der Waals surface area contributed by atoms with Crippen LogP contribution in [0.2, 0.25) is 5.04 Å². The molecule has 0 fully saturated rings. The van der Waals surface area contributed by atoms with Crippen molar-refractivity contribution in [3.63, 3.8) is 0 Å². The van der Waals surface area contributed by atoms with Gasteiger partial charge in [0.25, 0.3) is 8.32 Å². The highest BCUT2D eigenvalue weighted by atomic mass is 28.4. The first kappa shape index (κ1) is 40.2. The Labute approximate surface area is 316 Å². The predicted octanol–water partition coefficient (Wildman–Crippen LogP) is 6.99. The van der Waals surface area contributed by atoms with Crippen molar-refractivity contribution in [2.24, 2.45) is 5.92 Å². The van der Waals surface area contributed by atoms with Gasteiger partial charge >= 0.3 is 5.97 Å². The van der Waals surface area contributed by atoms with Gasteiger partial charge in [-0.1, -0.05) is 94.4 Å². The number of benzene rings is 2. The van der Waals surface area contributed by atoms with Gasteiger partial charge in [0.15, 0.2) is 17.2 Å². The number of ketones is 1. The van der Waals surface area contributed by atoms with Crippen LogP contribution >= 0.6 is 0 Å². The lowest BCUT2D eigenvalue weighted by atomic mass is 9.96. The number of allylic oxidation sites excluding steroid dienone is 1. The van der Waals surface area contributed by atoms with Crippen molar-refractivity contribution < 1.29 is 41.8 Å². The summed E-state index contributed by atoms with van der Waals surface area (Å²) in [4.78, 5) is 40.0. The van der Waals surface area contributed by atoms with Crippen LogP contribution in [0.5, 0.6) is 0 Å². The van der Waals surface area contributed by atoms with Gasteiger partial charge in [0, 0.05) is 7.11 Å². The van der Waals surface area contributed by atoms with Gasteiger partial charge in [0.05, 0.1) is 18.4 Å². The van der Waals surface area contributed by atoms with E-state index in [1.54, 1.807) is 13.0 Å². The maximum atomic E-state index is 13.6. The Morgan fingerprint density at radius 3 is 1.96 bits per heavy atom. The second-order valence-electron chi connectivity index (χ2n) is 15.1. The van der Waals surface area contributed by atoms with Crippen LogP contribution in [0, 0.1) is 5.92 Å². The van der Waals surface area contributed by atoms with Gasteiger partial charge in [0.1, 0.15) is 42.8 Å². The van der Waals surface area contributed by atoms with Gasteiger partial charge in [0.2, 0.25) is 17.7 Å². The van der Waals surface area contributed by atoms with E-state index in [2.05, 4.69) is 60.0 Å². The standard InChI is InChI=1S/C41H49N3O9Si/c1-27(37(48-8)31-24-50-39(43-31)33-26-51-38(44-33)32-25-49-35(23-45)42-32)34(46)21-15-16-28(22-36(47)52-40(2,3)4)53-54(41(5,6)7,29-17-11-9-12-18-29)30-19-13-10-14-20-30/h9-15,17-21,24-28,37,45H,16,22-23H2,1-8H3/b21-15+/t27-,28-,37-/m0/s1. The largest absolute Gasteiger partial charge is 0.460 e. The highest BCUT2D eigenvalue weighted by Gasteiger charge is 2.51. The zero-order valence-electron chi connectivity index (χ0n) is 32.1. The number of ether oxygens (including phenoxy) is 2. The number of aliphatic hydroxyl groups is 1. The number of oxazole rings is 3. The summed E-state index contributed by atoms with van der Waals surface area (Å²) in [5.74, 6) is -0.782. The number of carbonyl (C=O) groups is 2. The first-order valence-electron chi connectivity index (χ1n) is 17.9. The third kappa shape index (κ3) is 9.39. The van der Waals surface area contributed by atoms with Crippen LogP contribution in [-0.4, -0.2) is 58.9 Å². The molecule has 54 heavy (non-hydrogen) atoms. The van der Waals surface area contributed by atoms with Crippen LogP contribution in [0.15, 0.2) is 105 Å². The molecular weight excluding hydrogens is 707 g/mol. The average molecular weight is 756 g/mol. The van der Waals surface area contributed by atoms with Gasteiger partial charge in [-0.25, -0.2) is 15.0 Å². The van der Waals surface area contributed by atoms with Crippen LogP contribution in [0.4, 0.5) is 0 Å². The summed E-state index contributed by atoms with van der Waals surface area (Å²) in [6.45, 7) is 13.4. The lowest BCUT2D eigenvalue weighted by Gasteiger charge is -2.45. The van der Waals surface area contributed by atoms with E-state index >= 15 is 0 Å². The Hall–Kier alpha value is -4.95. The quantitative estimate of drug-likeness (QED) is 0.0626. The smallest absolute Gasteiger partial charge is 0.308 e. The summed E-state index contributed by atoms with van der Waals surface area (Å²) in [5.41, 5.74) is 0.333. The summed E-state index contributed by atoms with van der Waals surface area (Å²) in [5, 5.41) is 11.1. The molecular formula is C41H49N3O9Si. The van der Waals surface area contributed by atoms with Crippen LogP contribution < -0.4 is 10.4 Å². The number of nitrogens with zero attached hydrogens (tertiary/aromatic N) is 3. The van der Waals surface area contributed by atoms with Crippen molar-refractivity contribution in [1.82, 2.24) is 15.0 Å². The summed E-state index contributed by atoms with van der Waals surface area (Å²) >= 11 is 0. The number of carbonyl (C=O) groups excluding carboxylic acids is 2. The molecule has 0 saturated heterocycles. The van der Waals surface area contributed by atoms with Crippen LogP contribution in [0.25, 0.3) is 23.2 Å². The minimum absolute atomic E-state index is 0.00127. The number of hydrogen-bond donors (Lipinski definition) is 1. The lowest BCUT2D eigenvalue weighted by Crippen LogP contribution is -2.67. The fourth-order valence-corrected chi connectivity index (χ4v) is 11.1. The number of aliphatic hydroxyl groups excluding tert-OH is 1. The normalized spacial score (nSPS) is 14.2. The molecule has 0 aliphatic heterocycles. The fraction of sp³-hybridized carbons (Fsp3) is 0.390. The molecule has 3 aromatic heterocycles. The molecule has 2 aromatic carbocycles. The van der Waals surface area contributed by atoms with Crippen molar-refractivity contribution >= 4 is 30.4 Å². The van der Waals surface area contributed by atoms with E-state index in [-0.39, 0.29) is 53.9 Å². The van der Waals surface area contributed by atoms with Crippen molar-refractivity contribution in [2.75, 3.05) is 7.11 Å². The molecule has 0 amide bonds. The number of methoxy groups -OCH3 is 1. The molecule has 5 rings (SSSR count). The van der Waals surface area contributed by atoms with Crippen molar-refractivity contribution in [3.8, 4) is 23.2 Å². The molecule has 0 unspecified atom stereocenters. The summed E-state index contributed by atoms with van der Waals surface area (Å²) in [6, 6.07) is 20.4. The van der Waals surface area contributed by atoms with Gasteiger partial charge < -0.3 is 32.3 Å². The molecule has 3 heterocycles. The third-order valence-electron chi connectivity index (χ3n) is 8.86. The minimum atomic E-state index is -3.04. The van der Waals surface area contributed by atoms with E-state index in [1.807, 2.05) is 57.2 Å². The molecule has 3 atom stereocenters. The molecule has 0 aliphatic rings. The van der Waals surface area contributed by atoms with Crippen molar-refractivity contribution in [2.45, 2.75) is 90.8 Å². The number of aromatic nitrogens is 3. The van der Waals surface area contributed by atoms with E-state index in [1.165, 1.54) is 32.0 Å². The van der Waals surface area contributed by atoms with Crippen molar-refractivity contribution in [1.29, 1.82) is 0 Å². The predicted molar refractivity (Wildman–Crippen MR) is 204 cm³/mol. The van der Waals surface area contributed by atoms with Gasteiger partial charge in [-0.2, -0.15) is 0 Å². The molecule has 13 heteroatoms.